The summed E-state index contributed by atoms with van der Waals surface area (Å²) in [6.45, 7) is 0. The van der Waals surface area contributed by atoms with Crippen LogP contribution in [0.3, 0.4) is 0 Å². The maximum atomic E-state index is 12.2. The molecule has 0 aliphatic carbocycles. The van der Waals surface area contributed by atoms with E-state index in [-0.39, 0.29) is 12.1 Å². The van der Waals surface area contributed by atoms with E-state index in [1.165, 1.54) is 0 Å². The molecule has 0 radical (unpaired) electrons. The number of pyridine rings is 1. The molecule has 2 N–H and O–H groups in total. The second-order valence-corrected chi connectivity index (χ2v) is 2.57. The average molecular weight is 201 g/mol. The topological polar surface area (TPSA) is 62.7 Å². The third kappa shape index (κ3) is 2.13. The highest BCUT2D eigenvalue weighted by atomic mass is 19.4. The molecule has 0 aromatic carbocycles. The zero-order valence-corrected chi connectivity index (χ0v) is 6.97. The first kappa shape index (κ1) is 10.3. The molecule has 74 valence electrons. The molecule has 1 aromatic rings. The van der Waals surface area contributed by atoms with Crippen molar-refractivity contribution < 1.29 is 13.2 Å². The number of hydrogen-bond donors (Lipinski definition) is 1. The number of nitriles is 1. The number of alkyl halides is 3. The van der Waals surface area contributed by atoms with Gasteiger partial charge in [0.1, 0.15) is 5.82 Å². The molecular formula is C8H6F3N3. The highest BCUT2D eigenvalue weighted by Gasteiger charge is 2.33. The van der Waals surface area contributed by atoms with Crippen molar-refractivity contribution in [2.45, 2.75) is 12.6 Å². The van der Waals surface area contributed by atoms with E-state index >= 15 is 0 Å². The van der Waals surface area contributed by atoms with E-state index in [0.29, 0.717) is 0 Å². The van der Waals surface area contributed by atoms with Gasteiger partial charge in [0.15, 0.2) is 0 Å². The maximum absolute atomic E-state index is 12.2. The van der Waals surface area contributed by atoms with E-state index < -0.39 is 17.6 Å². The predicted molar refractivity (Wildman–Crippen MR) is 43.0 cm³/mol. The van der Waals surface area contributed by atoms with Crippen molar-refractivity contribution in [3.8, 4) is 6.07 Å². The van der Waals surface area contributed by atoms with Gasteiger partial charge < -0.3 is 5.73 Å². The molecule has 0 bridgehead atoms. The number of nitrogens with zero attached hydrogens (tertiary/aromatic N) is 2. The molecule has 14 heavy (non-hydrogen) atoms. The molecule has 0 aliphatic rings. The highest BCUT2D eigenvalue weighted by Crippen LogP contribution is 2.32. The Morgan fingerprint density at radius 3 is 2.50 bits per heavy atom. The molecule has 3 nitrogen and oxygen atoms in total. The number of halogens is 3. The Kier molecular flexibility index (Phi) is 2.60. The van der Waals surface area contributed by atoms with Crippen LogP contribution in [0.1, 0.15) is 11.3 Å². The van der Waals surface area contributed by atoms with Crippen molar-refractivity contribution in [3.63, 3.8) is 0 Å². The van der Waals surface area contributed by atoms with Crippen LogP contribution in [0.15, 0.2) is 12.1 Å². The Labute approximate surface area is 78.0 Å². The molecule has 0 saturated heterocycles. The largest absolute Gasteiger partial charge is 0.419 e. The molecule has 0 fully saturated rings. The van der Waals surface area contributed by atoms with Crippen LogP contribution in [0.4, 0.5) is 19.0 Å². The molecule has 0 amide bonds. The number of aromatic nitrogens is 1. The van der Waals surface area contributed by atoms with Gasteiger partial charge in [-0.2, -0.15) is 18.4 Å². The van der Waals surface area contributed by atoms with Crippen molar-refractivity contribution in [1.29, 1.82) is 5.26 Å². The predicted octanol–water partition coefficient (Wildman–Crippen LogP) is 1.75. The summed E-state index contributed by atoms with van der Waals surface area (Å²) in [4.78, 5) is 3.46. The van der Waals surface area contributed by atoms with Crippen molar-refractivity contribution in [2.75, 3.05) is 5.73 Å². The minimum atomic E-state index is -4.50. The van der Waals surface area contributed by atoms with Gasteiger partial charge in [-0.05, 0) is 12.1 Å². The first-order valence-electron chi connectivity index (χ1n) is 3.64. The summed E-state index contributed by atoms with van der Waals surface area (Å²) in [6, 6.07) is 3.74. The fourth-order valence-electron chi connectivity index (χ4n) is 0.936. The van der Waals surface area contributed by atoms with Crippen LogP contribution in [0, 0.1) is 11.3 Å². The van der Waals surface area contributed by atoms with Gasteiger partial charge in [-0.25, -0.2) is 4.98 Å². The van der Waals surface area contributed by atoms with Gasteiger partial charge in [0.2, 0.25) is 0 Å². The van der Waals surface area contributed by atoms with Gasteiger partial charge in [0.25, 0.3) is 0 Å². The summed E-state index contributed by atoms with van der Waals surface area (Å²) < 4.78 is 36.5. The van der Waals surface area contributed by atoms with Crippen molar-refractivity contribution in [3.05, 3.63) is 23.4 Å². The Balaban J connectivity index is 3.09. The Morgan fingerprint density at radius 1 is 1.43 bits per heavy atom. The van der Waals surface area contributed by atoms with Gasteiger partial charge in [-0.3, -0.25) is 0 Å². The quantitative estimate of drug-likeness (QED) is 0.752. The first-order valence-corrected chi connectivity index (χ1v) is 3.64. The van der Waals surface area contributed by atoms with Gasteiger partial charge in [0.05, 0.1) is 23.7 Å². The molecule has 0 aliphatic heterocycles. The maximum Gasteiger partial charge on any atom is 0.419 e. The third-order valence-electron chi connectivity index (χ3n) is 1.55. The fourth-order valence-corrected chi connectivity index (χ4v) is 0.936. The summed E-state index contributed by atoms with van der Waals surface area (Å²) in [5.74, 6) is -0.592. The standard InChI is InChI=1S/C8H6F3N3/c9-8(10,11)6-2-1-5(3-4-12)14-7(6)13/h1-2H,3H2,(H2,13,14). The van der Waals surface area contributed by atoms with Crippen molar-refractivity contribution in [2.24, 2.45) is 0 Å². The van der Waals surface area contributed by atoms with E-state index in [9.17, 15) is 13.2 Å². The minimum absolute atomic E-state index is 0.0532. The second kappa shape index (κ2) is 3.54. The SMILES string of the molecule is N#CCc1ccc(C(F)(F)F)c(N)n1. The van der Waals surface area contributed by atoms with Crippen LogP contribution >= 0.6 is 0 Å². The number of anilines is 1. The summed E-state index contributed by atoms with van der Waals surface area (Å²) >= 11 is 0. The molecule has 0 atom stereocenters. The zero-order chi connectivity index (χ0) is 10.8. The van der Waals surface area contributed by atoms with Crippen LogP contribution < -0.4 is 5.73 Å². The number of nitrogen functional groups attached to an aromatic ring is 1. The molecular weight excluding hydrogens is 195 g/mol. The monoisotopic (exact) mass is 201 g/mol. The third-order valence-corrected chi connectivity index (χ3v) is 1.55. The fraction of sp³-hybridized carbons (Fsp3) is 0.250. The molecule has 6 heteroatoms. The van der Waals surface area contributed by atoms with Crippen molar-refractivity contribution >= 4 is 5.82 Å². The van der Waals surface area contributed by atoms with Crippen LogP contribution in [-0.2, 0) is 12.6 Å². The minimum Gasteiger partial charge on any atom is -0.383 e. The molecule has 1 heterocycles. The summed E-state index contributed by atoms with van der Waals surface area (Å²) in [7, 11) is 0. The lowest BCUT2D eigenvalue weighted by atomic mass is 10.2. The van der Waals surface area contributed by atoms with Crippen LogP contribution in [0.2, 0.25) is 0 Å². The number of nitrogens with two attached hydrogens (primary N) is 1. The molecule has 1 rings (SSSR count). The Hall–Kier alpha value is -1.77. The normalized spacial score (nSPS) is 11.0. The lowest BCUT2D eigenvalue weighted by molar-refractivity contribution is -0.137. The van der Waals surface area contributed by atoms with Gasteiger partial charge in [-0.15, -0.1) is 0 Å². The zero-order valence-electron chi connectivity index (χ0n) is 6.97. The summed E-state index contributed by atoms with van der Waals surface area (Å²) in [6.07, 6.45) is -4.55. The van der Waals surface area contributed by atoms with E-state index in [2.05, 4.69) is 4.98 Å². The molecule has 1 aromatic heterocycles. The number of hydrogen-bond acceptors (Lipinski definition) is 3. The molecule has 0 spiro atoms. The van der Waals surface area contributed by atoms with E-state index in [1.807, 2.05) is 0 Å². The van der Waals surface area contributed by atoms with Crippen molar-refractivity contribution in [1.82, 2.24) is 4.98 Å². The smallest absolute Gasteiger partial charge is 0.383 e. The first-order chi connectivity index (χ1) is 6.45. The highest BCUT2D eigenvalue weighted by molar-refractivity contribution is 5.42. The summed E-state index contributed by atoms with van der Waals surface area (Å²) in [5, 5.41) is 8.29. The van der Waals surface area contributed by atoms with E-state index in [1.54, 1.807) is 6.07 Å². The van der Waals surface area contributed by atoms with Crippen LogP contribution in [0.5, 0.6) is 0 Å². The molecule has 0 saturated carbocycles. The Morgan fingerprint density at radius 2 is 2.07 bits per heavy atom. The lowest BCUT2D eigenvalue weighted by Crippen LogP contribution is -2.11. The van der Waals surface area contributed by atoms with Crippen LogP contribution in [-0.4, -0.2) is 4.98 Å². The molecule has 0 unspecified atom stereocenters. The van der Waals surface area contributed by atoms with E-state index in [4.69, 9.17) is 11.0 Å². The van der Waals surface area contributed by atoms with Gasteiger partial charge >= 0.3 is 6.18 Å². The summed E-state index contributed by atoms with van der Waals surface area (Å²) in [5.41, 5.74) is 4.36. The second-order valence-electron chi connectivity index (χ2n) is 2.57. The lowest BCUT2D eigenvalue weighted by Gasteiger charge is -2.09. The average Bonchev–Trinajstić information content (AvgIpc) is 2.02. The van der Waals surface area contributed by atoms with Gasteiger partial charge in [-0.1, -0.05) is 0 Å². The van der Waals surface area contributed by atoms with E-state index in [0.717, 1.165) is 12.1 Å². The Bertz CT molecular complexity index is 378. The number of rotatable bonds is 1. The van der Waals surface area contributed by atoms with Crippen LogP contribution in [0.25, 0.3) is 0 Å². The van der Waals surface area contributed by atoms with Gasteiger partial charge in [0, 0.05) is 0 Å².